The minimum Gasteiger partial charge on any atom is -0.328 e. The molecule has 0 aliphatic heterocycles. The summed E-state index contributed by atoms with van der Waals surface area (Å²) in [4.78, 5) is 11.0. The Bertz CT molecular complexity index is 319. The summed E-state index contributed by atoms with van der Waals surface area (Å²) in [6.07, 6.45) is 10.1. The molecule has 1 heterocycles. The molecule has 1 aliphatic rings. The fourth-order valence-electron chi connectivity index (χ4n) is 2.59. The van der Waals surface area contributed by atoms with Crippen LogP contribution in [0.25, 0.3) is 0 Å². The van der Waals surface area contributed by atoms with Crippen LogP contribution in [0, 0.1) is 0 Å². The van der Waals surface area contributed by atoms with Crippen LogP contribution in [-0.2, 0) is 6.54 Å². The minimum absolute atomic E-state index is 0.418. The highest BCUT2D eigenvalue weighted by atomic mass is 15.2. The number of hydrogen-bond acceptors (Lipinski definition) is 4. The third-order valence-corrected chi connectivity index (χ3v) is 3.65. The van der Waals surface area contributed by atoms with Crippen LogP contribution in [0.1, 0.15) is 38.3 Å². The lowest BCUT2D eigenvalue weighted by molar-refractivity contribution is 0.147. The molecular formula is C13H22N4. The van der Waals surface area contributed by atoms with E-state index in [1.54, 1.807) is 12.4 Å². The van der Waals surface area contributed by atoms with Gasteiger partial charge in [-0.1, -0.05) is 6.92 Å². The van der Waals surface area contributed by atoms with Crippen molar-refractivity contribution in [1.82, 2.24) is 14.9 Å². The van der Waals surface area contributed by atoms with Crippen molar-refractivity contribution in [3.8, 4) is 0 Å². The van der Waals surface area contributed by atoms with Gasteiger partial charge in [-0.3, -0.25) is 14.9 Å². The largest absolute Gasteiger partial charge is 0.328 e. The fraction of sp³-hybridized carbons (Fsp3) is 0.692. The normalized spacial score (nSPS) is 25.1. The van der Waals surface area contributed by atoms with Crippen molar-refractivity contribution in [1.29, 1.82) is 0 Å². The van der Waals surface area contributed by atoms with Gasteiger partial charge < -0.3 is 5.73 Å². The van der Waals surface area contributed by atoms with Crippen LogP contribution in [0.2, 0.25) is 0 Å². The summed E-state index contributed by atoms with van der Waals surface area (Å²) in [5, 5.41) is 0. The van der Waals surface area contributed by atoms with E-state index in [-0.39, 0.29) is 0 Å². The maximum Gasteiger partial charge on any atom is 0.0726 e. The smallest absolute Gasteiger partial charge is 0.0726 e. The average Bonchev–Trinajstić information content (AvgIpc) is 2.38. The van der Waals surface area contributed by atoms with Gasteiger partial charge >= 0.3 is 0 Å². The average molecular weight is 234 g/mol. The third-order valence-electron chi connectivity index (χ3n) is 3.65. The lowest BCUT2D eigenvalue weighted by Crippen LogP contribution is -2.40. The van der Waals surface area contributed by atoms with Gasteiger partial charge in [0, 0.05) is 37.2 Å². The first-order chi connectivity index (χ1) is 8.29. The fourth-order valence-corrected chi connectivity index (χ4v) is 2.59. The van der Waals surface area contributed by atoms with Gasteiger partial charge in [0.25, 0.3) is 0 Å². The number of hydrogen-bond donors (Lipinski definition) is 1. The van der Waals surface area contributed by atoms with Crippen LogP contribution in [0.5, 0.6) is 0 Å². The van der Waals surface area contributed by atoms with Crippen molar-refractivity contribution in [2.24, 2.45) is 5.73 Å². The van der Waals surface area contributed by atoms with E-state index in [0.717, 1.165) is 31.6 Å². The summed E-state index contributed by atoms with van der Waals surface area (Å²) in [5.74, 6) is 0. The second-order valence-corrected chi connectivity index (χ2v) is 4.83. The molecule has 1 aromatic rings. The van der Waals surface area contributed by atoms with Crippen molar-refractivity contribution < 1.29 is 0 Å². The topological polar surface area (TPSA) is 55.0 Å². The summed E-state index contributed by atoms with van der Waals surface area (Å²) in [6, 6.07) is 1.09. The van der Waals surface area contributed by atoms with Gasteiger partial charge in [0.1, 0.15) is 0 Å². The van der Waals surface area contributed by atoms with Crippen LogP contribution >= 0.6 is 0 Å². The molecule has 17 heavy (non-hydrogen) atoms. The molecule has 2 N–H and O–H groups in total. The quantitative estimate of drug-likeness (QED) is 0.859. The zero-order chi connectivity index (χ0) is 12.1. The maximum absolute atomic E-state index is 5.95. The predicted octanol–water partition coefficient (Wildman–Crippen LogP) is 1.57. The Morgan fingerprint density at radius 3 is 2.65 bits per heavy atom. The molecular weight excluding hydrogens is 212 g/mol. The van der Waals surface area contributed by atoms with Crippen LogP contribution in [-0.4, -0.2) is 33.5 Å². The van der Waals surface area contributed by atoms with Crippen molar-refractivity contribution in [2.75, 3.05) is 6.54 Å². The van der Waals surface area contributed by atoms with E-state index in [1.807, 2.05) is 6.20 Å². The number of rotatable bonds is 4. The van der Waals surface area contributed by atoms with Crippen LogP contribution in [0.15, 0.2) is 18.6 Å². The first-order valence-electron chi connectivity index (χ1n) is 6.54. The van der Waals surface area contributed by atoms with E-state index in [4.69, 9.17) is 5.73 Å². The molecule has 94 valence electrons. The Hall–Kier alpha value is -1.00. The molecule has 0 spiro atoms. The molecule has 4 nitrogen and oxygen atoms in total. The van der Waals surface area contributed by atoms with Gasteiger partial charge in [-0.25, -0.2) is 0 Å². The SMILES string of the molecule is CCN(Cc1cnccn1)C1CCC(N)CC1. The Labute approximate surface area is 103 Å². The third kappa shape index (κ3) is 3.48. The molecule has 0 unspecified atom stereocenters. The van der Waals surface area contributed by atoms with Crippen molar-refractivity contribution in [3.63, 3.8) is 0 Å². The molecule has 0 saturated heterocycles. The number of aromatic nitrogens is 2. The van der Waals surface area contributed by atoms with Gasteiger partial charge in [-0.05, 0) is 32.2 Å². The van der Waals surface area contributed by atoms with Gasteiger partial charge in [0.05, 0.1) is 5.69 Å². The standard InChI is InChI=1S/C13H22N4/c1-2-17(10-12-9-15-7-8-16-12)13-5-3-11(14)4-6-13/h7-9,11,13H,2-6,10,14H2,1H3. The molecule has 0 amide bonds. The molecule has 0 atom stereocenters. The zero-order valence-electron chi connectivity index (χ0n) is 10.5. The second-order valence-electron chi connectivity index (χ2n) is 4.83. The van der Waals surface area contributed by atoms with Crippen LogP contribution in [0.3, 0.4) is 0 Å². The summed E-state index contributed by atoms with van der Waals surface area (Å²) >= 11 is 0. The van der Waals surface area contributed by atoms with Crippen molar-refractivity contribution in [2.45, 2.75) is 51.2 Å². The van der Waals surface area contributed by atoms with Crippen LogP contribution < -0.4 is 5.73 Å². The second kappa shape index (κ2) is 6.07. The zero-order valence-corrected chi connectivity index (χ0v) is 10.5. The van der Waals surface area contributed by atoms with E-state index in [2.05, 4.69) is 21.8 Å². The molecule has 4 heteroatoms. The first-order valence-corrected chi connectivity index (χ1v) is 6.54. The summed E-state index contributed by atoms with van der Waals surface area (Å²) in [5.41, 5.74) is 7.01. The lowest BCUT2D eigenvalue weighted by atomic mass is 9.90. The summed E-state index contributed by atoms with van der Waals surface area (Å²) in [7, 11) is 0. The van der Waals surface area contributed by atoms with E-state index in [1.165, 1.54) is 12.8 Å². The predicted molar refractivity (Wildman–Crippen MR) is 68.3 cm³/mol. The molecule has 0 radical (unpaired) electrons. The minimum atomic E-state index is 0.418. The summed E-state index contributed by atoms with van der Waals surface area (Å²) < 4.78 is 0. The monoisotopic (exact) mass is 234 g/mol. The molecule has 0 bridgehead atoms. The molecule has 0 aromatic carbocycles. The van der Waals surface area contributed by atoms with Crippen LogP contribution in [0.4, 0.5) is 0 Å². The highest BCUT2D eigenvalue weighted by molar-refractivity contribution is 4.95. The summed E-state index contributed by atoms with van der Waals surface area (Å²) in [6.45, 7) is 4.19. The van der Waals surface area contributed by atoms with Gasteiger partial charge in [-0.2, -0.15) is 0 Å². The van der Waals surface area contributed by atoms with Crippen molar-refractivity contribution in [3.05, 3.63) is 24.3 Å². The van der Waals surface area contributed by atoms with Gasteiger partial charge in [-0.15, -0.1) is 0 Å². The number of nitrogens with two attached hydrogens (primary N) is 1. The van der Waals surface area contributed by atoms with E-state index in [0.29, 0.717) is 12.1 Å². The lowest BCUT2D eigenvalue weighted by Gasteiger charge is -2.35. The Morgan fingerprint density at radius 1 is 1.29 bits per heavy atom. The molecule has 1 aromatic heterocycles. The van der Waals surface area contributed by atoms with E-state index in [9.17, 15) is 0 Å². The molecule has 1 fully saturated rings. The van der Waals surface area contributed by atoms with Crippen molar-refractivity contribution >= 4 is 0 Å². The maximum atomic E-state index is 5.95. The molecule has 1 saturated carbocycles. The van der Waals surface area contributed by atoms with E-state index < -0.39 is 0 Å². The van der Waals surface area contributed by atoms with Gasteiger partial charge in [0.2, 0.25) is 0 Å². The molecule has 2 rings (SSSR count). The highest BCUT2D eigenvalue weighted by Gasteiger charge is 2.23. The Morgan fingerprint density at radius 2 is 2.06 bits per heavy atom. The van der Waals surface area contributed by atoms with E-state index >= 15 is 0 Å². The highest BCUT2D eigenvalue weighted by Crippen LogP contribution is 2.22. The molecule has 1 aliphatic carbocycles. The number of nitrogens with zero attached hydrogens (tertiary/aromatic N) is 3. The Kier molecular flexibility index (Phi) is 4.45. The first kappa shape index (κ1) is 12.5. The Balaban J connectivity index is 1.92. The van der Waals surface area contributed by atoms with Gasteiger partial charge in [0.15, 0.2) is 0 Å².